The highest BCUT2D eigenvalue weighted by atomic mass is 19.1. The molecule has 0 radical (unpaired) electrons. The van der Waals surface area contributed by atoms with E-state index in [0.717, 1.165) is 11.1 Å². The van der Waals surface area contributed by atoms with Crippen molar-refractivity contribution in [2.24, 2.45) is 0 Å². The number of nitrogens with zero attached hydrogens (tertiary/aromatic N) is 3. The molecule has 0 bridgehead atoms. The third kappa shape index (κ3) is 4.97. The Balaban J connectivity index is 1.51. The normalized spacial score (nSPS) is 22.7. The van der Waals surface area contributed by atoms with Gasteiger partial charge in [0.15, 0.2) is 0 Å². The van der Waals surface area contributed by atoms with Gasteiger partial charge in [-0.1, -0.05) is 0 Å². The molecule has 1 saturated carbocycles. The molecule has 1 aliphatic rings. The van der Waals surface area contributed by atoms with Crippen LogP contribution in [0.3, 0.4) is 0 Å². The van der Waals surface area contributed by atoms with Crippen LogP contribution in [0.15, 0.2) is 36.8 Å². The number of carbonyl (C=O) groups excluding carboxylic acids is 1. The van der Waals surface area contributed by atoms with Crippen LogP contribution < -0.4 is 10.1 Å². The number of nitrogens with one attached hydrogen (secondary N) is 1. The fraction of sp³-hybridized carbons (Fsp3) is 0.458. The summed E-state index contributed by atoms with van der Waals surface area (Å²) in [7, 11) is 0. The molecule has 0 aliphatic heterocycles. The number of halogens is 1. The second kappa shape index (κ2) is 9.19. The fourth-order valence-corrected chi connectivity index (χ4v) is 4.17. The molecular weight excluding hydrogens is 443 g/mol. The van der Waals surface area contributed by atoms with Crippen LogP contribution >= 0.6 is 0 Å². The van der Waals surface area contributed by atoms with Crippen LogP contribution in [-0.2, 0) is 11.3 Å². The van der Waals surface area contributed by atoms with Gasteiger partial charge >= 0.3 is 6.09 Å². The highest BCUT2D eigenvalue weighted by molar-refractivity contribution is 5.78. The number of fused-ring (bicyclic) bond motifs is 1. The summed E-state index contributed by atoms with van der Waals surface area (Å²) in [5.41, 5.74) is 1.19. The Labute approximate surface area is 196 Å². The fourth-order valence-electron chi connectivity index (χ4n) is 4.17. The summed E-state index contributed by atoms with van der Waals surface area (Å²) in [6.45, 7) is 7.08. The van der Waals surface area contributed by atoms with Crippen molar-refractivity contribution in [1.82, 2.24) is 19.9 Å². The van der Waals surface area contributed by atoms with Gasteiger partial charge in [-0.05, 0) is 52.0 Å². The van der Waals surface area contributed by atoms with Gasteiger partial charge in [0, 0.05) is 30.1 Å². The van der Waals surface area contributed by atoms with Crippen LogP contribution in [-0.4, -0.2) is 54.8 Å². The zero-order chi connectivity index (χ0) is 24.6. The van der Waals surface area contributed by atoms with Crippen molar-refractivity contribution < 1.29 is 28.9 Å². The largest absolute Gasteiger partial charge is 0.487 e. The molecule has 1 amide bonds. The standard InChI is InChI=1S/C24H29FN4O5/c1-13-16-7-8-29(22(16)28-12-27-13)17-10-19(21(31)20(17)30)33-18-6-5-15(25)9-14(18)11-26-23(32)34-24(2,3)4/h5-9,12,17,19-21,30-31H,10-11H2,1-4H3,(H,26,32)/t17-,19+,20+,21-/m1/s1. The first-order chi connectivity index (χ1) is 16.0. The molecule has 1 aliphatic carbocycles. The van der Waals surface area contributed by atoms with E-state index in [-0.39, 0.29) is 6.54 Å². The van der Waals surface area contributed by atoms with Crippen LogP contribution in [0.2, 0.25) is 0 Å². The van der Waals surface area contributed by atoms with E-state index in [0.29, 0.717) is 23.4 Å². The van der Waals surface area contributed by atoms with E-state index in [1.54, 1.807) is 20.8 Å². The maximum Gasteiger partial charge on any atom is 0.407 e. The number of hydrogen-bond acceptors (Lipinski definition) is 7. The Morgan fingerprint density at radius 1 is 1.24 bits per heavy atom. The first-order valence-corrected chi connectivity index (χ1v) is 11.1. The van der Waals surface area contributed by atoms with E-state index in [1.807, 2.05) is 23.8 Å². The van der Waals surface area contributed by atoms with Gasteiger partial charge < -0.3 is 29.6 Å². The van der Waals surface area contributed by atoms with E-state index in [9.17, 15) is 19.4 Å². The lowest BCUT2D eigenvalue weighted by atomic mass is 10.1. The number of aryl methyl sites for hydroxylation is 1. The molecule has 1 aromatic carbocycles. The van der Waals surface area contributed by atoms with Gasteiger partial charge in [0.25, 0.3) is 0 Å². The zero-order valence-electron chi connectivity index (χ0n) is 19.5. The molecule has 3 N–H and O–H groups in total. The van der Waals surface area contributed by atoms with Crippen LogP contribution in [0.1, 0.15) is 44.5 Å². The molecule has 182 valence electrons. The number of alkyl carbamates (subject to hydrolysis) is 1. The van der Waals surface area contributed by atoms with Gasteiger partial charge in [-0.2, -0.15) is 0 Å². The molecule has 0 unspecified atom stereocenters. The summed E-state index contributed by atoms with van der Waals surface area (Å²) >= 11 is 0. The SMILES string of the molecule is Cc1ncnc2c1ccn2[C@@H]1C[C@H](Oc2ccc(F)cc2CNC(=O)OC(C)(C)C)[C@@H](O)[C@H]1O. The lowest BCUT2D eigenvalue weighted by Gasteiger charge is -2.22. The van der Waals surface area contributed by atoms with E-state index >= 15 is 0 Å². The number of rotatable bonds is 5. The Morgan fingerprint density at radius 2 is 2.00 bits per heavy atom. The summed E-state index contributed by atoms with van der Waals surface area (Å²) in [5, 5.41) is 24.9. The lowest BCUT2D eigenvalue weighted by molar-refractivity contribution is -0.0166. The van der Waals surface area contributed by atoms with Gasteiger partial charge in [0.1, 0.15) is 47.5 Å². The lowest BCUT2D eigenvalue weighted by Crippen LogP contribution is -2.35. The first kappa shape index (κ1) is 23.9. The zero-order valence-corrected chi connectivity index (χ0v) is 19.5. The molecule has 10 heteroatoms. The van der Waals surface area contributed by atoms with Gasteiger partial charge in [-0.25, -0.2) is 19.2 Å². The third-order valence-electron chi connectivity index (χ3n) is 5.79. The van der Waals surface area contributed by atoms with E-state index in [2.05, 4.69) is 15.3 Å². The van der Waals surface area contributed by atoms with Gasteiger partial charge in [-0.15, -0.1) is 0 Å². The van der Waals surface area contributed by atoms with Crippen LogP contribution in [0, 0.1) is 12.7 Å². The smallest absolute Gasteiger partial charge is 0.407 e. The van der Waals surface area contributed by atoms with Crippen LogP contribution in [0.4, 0.5) is 9.18 Å². The number of aliphatic hydroxyl groups excluding tert-OH is 2. The summed E-state index contributed by atoms with van der Waals surface area (Å²) in [4.78, 5) is 20.5. The highest BCUT2D eigenvalue weighted by Gasteiger charge is 2.44. The Bertz CT molecular complexity index is 1190. The van der Waals surface area contributed by atoms with Crippen LogP contribution in [0.25, 0.3) is 11.0 Å². The number of carbonyl (C=O) groups is 1. The molecule has 2 heterocycles. The molecule has 4 atom stereocenters. The molecule has 1 fully saturated rings. The van der Waals surface area contributed by atoms with Crippen molar-refractivity contribution in [3.05, 3.63) is 53.9 Å². The molecule has 0 spiro atoms. The average molecular weight is 473 g/mol. The minimum Gasteiger partial charge on any atom is -0.487 e. The minimum absolute atomic E-state index is 0.0325. The minimum atomic E-state index is -1.18. The second-order valence-electron chi connectivity index (χ2n) is 9.47. The Kier molecular flexibility index (Phi) is 6.46. The number of benzene rings is 1. The molecule has 0 saturated heterocycles. The first-order valence-electron chi connectivity index (χ1n) is 11.1. The number of hydrogen-bond donors (Lipinski definition) is 3. The number of aliphatic hydroxyl groups is 2. The molecular formula is C24H29FN4O5. The predicted molar refractivity (Wildman–Crippen MR) is 122 cm³/mol. The summed E-state index contributed by atoms with van der Waals surface area (Å²) in [5.74, 6) is -0.197. The quantitative estimate of drug-likeness (QED) is 0.522. The topological polar surface area (TPSA) is 119 Å². The highest BCUT2D eigenvalue weighted by Crippen LogP contribution is 2.36. The molecule has 3 aromatic rings. The van der Waals surface area contributed by atoms with Crippen LogP contribution in [0.5, 0.6) is 5.75 Å². The molecule has 9 nitrogen and oxygen atoms in total. The number of amides is 1. The van der Waals surface area contributed by atoms with Gasteiger partial charge in [0.05, 0.1) is 11.7 Å². The maximum atomic E-state index is 13.9. The molecule has 34 heavy (non-hydrogen) atoms. The van der Waals surface area contributed by atoms with Gasteiger partial charge in [-0.3, -0.25) is 0 Å². The van der Waals surface area contributed by atoms with E-state index < -0.39 is 41.9 Å². The molecule has 2 aromatic heterocycles. The van der Waals surface area contributed by atoms with Crippen molar-refractivity contribution in [3.8, 4) is 5.75 Å². The summed E-state index contributed by atoms with van der Waals surface area (Å²) < 4.78 is 27.0. The summed E-state index contributed by atoms with van der Waals surface area (Å²) in [6.07, 6.45) is -0.110. The monoisotopic (exact) mass is 472 g/mol. The number of ether oxygens (including phenoxy) is 2. The third-order valence-corrected chi connectivity index (χ3v) is 5.79. The predicted octanol–water partition coefficient (Wildman–Crippen LogP) is 3.02. The number of aromatic nitrogens is 3. The van der Waals surface area contributed by atoms with Crippen molar-refractivity contribution >= 4 is 17.1 Å². The Hall–Kier alpha value is -3.24. The van der Waals surface area contributed by atoms with E-state index in [4.69, 9.17) is 9.47 Å². The second-order valence-corrected chi connectivity index (χ2v) is 9.47. The Morgan fingerprint density at radius 3 is 2.74 bits per heavy atom. The van der Waals surface area contributed by atoms with E-state index in [1.165, 1.54) is 24.5 Å². The summed E-state index contributed by atoms with van der Waals surface area (Å²) in [6, 6.07) is 5.32. The average Bonchev–Trinajstić information content (AvgIpc) is 3.30. The van der Waals surface area contributed by atoms with Crippen molar-refractivity contribution in [3.63, 3.8) is 0 Å². The maximum absolute atomic E-state index is 13.9. The molecule has 4 rings (SSSR count). The van der Waals surface area contributed by atoms with Gasteiger partial charge in [0.2, 0.25) is 0 Å². The van der Waals surface area contributed by atoms with Crippen molar-refractivity contribution in [2.45, 2.75) is 70.6 Å². The van der Waals surface area contributed by atoms with Crippen molar-refractivity contribution in [2.75, 3.05) is 0 Å². The van der Waals surface area contributed by atoms with Crippen molar-refractivity contribution in [1.29, 1.82) is 0 Å².